The van der Waals surface area contributed by atoms with Crippen LogP contribution in [0.5, 0.6) is 0 Å². The third-order valence-electron chi connectivity index (χ3n) is 5.06. The molecule has 4 rings (SSSR count). The molecule has 0 saturated heterocycles. The molecule has 2 aliphatic rings. The Morgan fingerprint density at radius 2 is 1.46 bits per heavy atom. The first kappa shape index (κ1) is 15.1. The van der Waals surface area contributed by atoms with Crippen molar-refractivity contribution in [1.82, 2.24) is 5.06 Å². The average molecular weight is 320 g/mol. The number of hydrogen-bond acceptors (Lipinski definition) is 3. The minimum atomic E-state index is -0.251. The lowest BCUT2D eigenvalue weighted by Gasteiger charge is -2.46. The molecule has 0 spiro atoms. The van der Waals surface area contributed by atoms with Crippen LogP contribution in [-0.2, 0) is 0 Å². The van der Waals surface area contributed by atoms with E-state index in [2.05, 4.69) is 0 Å². The largest absolute Gasteiger partial charge is 0.758 e. The van der Waals surface area contributed by atoms with Crippen molar-refractivity contribution in [2.75, 3.05) is 0 Å². The molecule has 0 amide bonds. The average Bonchev–Trinajstić information content (AvgIpc) is 2.66. The summed E-state index contributed by atoms with van der Waals surface area (Å²) < 4.78 is 1.11. The smallest absolute Gasteiger partial charge is 0.286 e. The molecular weight excluding hydrogens is 300 g/mol. The second-order valence-corrected chi connectivity index (χ2v) is 6.50. The lowest BCUT2D eigenvalue weighted by atomic mass is 9.86. The van der Waals surface area contributed by atoms with Crippen LogP contribution < -0.4 is 0 Å². The standard InChI is InChI=1S/C20H20N2O2/c23-21-17-13-7-8-14-18(17)22(24)20(16-11-5-2-6-12-16)19(21)15-9-3-1-4-10-15/h1-6,9-12,17-18H,7-8,13-14H2/t17-,18-/m1/s1. The van der Waals surface area contributed by atoms with Gasteiger partial charge in [-0.3, -0.25) is 0 Å². The zero-order valence-electron chi connectivity index (χ0n) is 13.5. The van der Waals surface area contributed by atoms with Crippen LogP contribution in [0.4, 0.5) is 0 Å². The van der Waals surface area contributed by atoms with Crippen LogP contribution in [0.3, 0.4) is 0 Å². The van der Waals surface area contributed by atoms with Crippen LogP contribution >= 0.6 is 0 Å². The highest BCUT2D eigenvalue weighted by Crippen LogP contribution is 2.41. The second kappa shape index (κ2) is 6.21. The molecule has 2 aromatic carbocycles. The number of nitrogens with zero attached hydrogens (tertiary/aromatic N) is 2. The summed E-state index contributed by atoms with van der Waals surface area (Å²) in [6.07, 6.45) is 3.59. The van der Waals surface area contributed by atoms with Crippen molar-refractivity contribution in [2.45, 2.75) is 37.8 Å². The van der Waals surface area contributed by atoms with Gasteiger partial charge in [0.2, 0.25) is 6.04 Å². The normalized spacial score (nSPS) is 24.0. The van der Waals surface area contributed by atoms with Crippen LogP contribution in [-0.4, -0.2) is 21.9 Å². The van der Waals surface area contributed by atoms with E-state index in [1.165, 1.54) is 0 Å². The number of benzene rings is 2. The molecule has 0 N–H and O–H groups in total. The Morgan fingerprint density at radius 3 is 2.12 bits per heavy atom. The Hall–Kier alpha value is -2.46. The molecule has 0 aromatic heterocycles. The lowest BCUT2D eigenvalue weighted by Crippen LogP contribution is -2.50. The Bertz CT molecular complexity index is 771. The van der Waals surface area contributed by atoms with Crippen LogP contribution in [0.2, 0.25) is 0 Å². The van der Waals surface area contributed by atoms with E-state index in [1.54, 1.807) is 0 Å². The Morgan fingerprint density at radius 1 is 0.875 bits per heavy atom. The summed E-state index contributed by atoms with van der Waals surface area (Å²) in [5.41, 5.74) is 2.60. The van der Waals surface area contributed by atoms with Gasteiger partial charge in [0.15, 0.2) is 0 Å². The summed E-state index contributed by atoms with van der Waals surface area (Å²) >= 11 is 0. The summed E-state index contributed by atoms with van der Waals surface area (Å²) in [7, 11) is 0. The van der Waals surface area contributed by atoms with Gasteiger partial charge in [0.05, 0.1) is 11.6 Å². The fourth-order valence-corrected chi connectivity index (χ4v) is 3.90. The van der Waals surface area contributed by atoms with Crippen molar-refractivity contribution in [3.05, 3.63) is 81.9 Å². The maximum atomic E-state index is 13.2. The molecule has 1 aliphatic heterocycles. The molecule has 4 nitrogen and oxygen atoms in total. The lowest BCUT2D eigenvalue weighted by molar-refractivity contribution is -0.514. The van der Waals surface area contributed by atoms with Crippen LogP contribution in [0.1, 0.15) is 36.8 Å². The summed E-state index contributed by atoms with van der Waals surface area (Å²) in [6.45, 7) is 0. The third kappa shape index (κ3) is 2.43. The van der Waals surface area contributed by atoms with Gasteiger partial charge in [-0.1, -0.05) is 55.0 Å². The van der Waals surface area contributed by atoms with Gasteiger partial charge in [-0.05, 0) is 25.0 Å². The molecule has 1 heterocycles. The summed E-state index contributed by atoms with van der Waals surface area (Å²) in [5, 5.41) is 14.3. The molecule has 0 unspecified atom stereocenters. The first-order chi connectivity index (χ1) is 11.8. The van der Waals surface area contributed by atoms with E-state index in [0.717, 1.165) is 46.6 Å². The highest BCUT2D eigenvalue weighted by Gasteiger charge is 2.47. The predicted octanol–water partition coefficient (Wildman–Crippen LogP) is 4.42. The van der Waals surface area contributed by atoms with E-state index in [1.807, 2.05) is 60.7 Å². The first-order valence-corrected chi connectivity index (χ1v) is 8.55. The molecule has 1 fully saturated rings. The van der Waals surface area contributed by atoms with Crippen molar-refractivity contribution >= 4 is 11.4 Å². The van der Waals surface area contributed by atoms with E-state index in [9.17, 15) is 10.1 Å². The molecular formula is C20H20N2O2. The van der Waals surface area contributed by atoms with Gasteiger partial charge in [0.25, 0.3) is 5.70 Å². The Kier molecular flexibility index (Phi) is 3.90. The monoisotopic (exact) mass is 320 g/mol. The Balaban J connectivity index is 1.94. The van der Waals surface area contributed by atoms with E-state index in [4.69, 9.17) is 0 Å². The van der Waals surface area contributed by atoms with Crippen molar-refractivity contribution < 1.29 is 4.76 Å². The van der Waals surface area contributed by atoms with Crippen molar-refractivity contribution in [2.24, 2.45) is 0 Å². The SMILES string of the molecule is O=[N+]1C(c2ccccc2)=C(c2ccccc2)N([O-])[C@@H]2CCCC[C@H]21. The van der Waals surface area contributed by atoms with Gasteiger partial charge < -0.3 is 10.3 Å². The van der Waals surface area contributed by atoms with Gasteiger partial charge in [-0.2, -0.15) is 0 Å². The number of rotatable bonds is 2. The van der Waals surface area contributed by atoms with E-state index >= 15 is 0 Å². The molecule has 24 heavy (non-hydrogen) atoms. The molecule has 0 radical (unpaired) electrons. The first-order valence-electron chi connectivity index (χ1n) is 8.55. The van der Waals surface area contributed by atoms with E-state index in [0.29, 0.717) is 11.4 Å². The fraction of sp³-hybridized carbons (Fsp3) is 0.300. The number of nitroso groups, excluding NO2 is 1. The Labute approximate surface area is 141 Å². The highest BCUT2D eigenvalue weighted by molar-refractivity contribution is 5.86. The number of fused-ring (bicyclic) bond motifs is 1. The fourth-order valence-electron chi connectivity index (χ4n) is 3.90. The minimum Gasteiger partial charge on any atom is -0.758 e. The molecule has 2 aromatic rings. The van der Waals surface area contributed by atoms with Crippen molar-refractivity contribution in [1.29, 1.82) is 0 Å². The molecule has 4 heteroatoms. The number of hydrogen-bond donors (Lipinski definition) is 0. The predicted molar refractivity (Wildman–Crippen MR) is 94.6 cm³/mol. The molecule has 1 saturated carbocycles. The second-order valence-electron chi connectivity index (χ2n) is 6.50. The van der Waals surface area contributed by atoms with Crippen LogP contribution in [0.25, 0.3) is 11.4 Å². The minimum absolute atomic E-state index is 0.251. The molecule has 2 atom stereocenters. The van der Waals surface area contributed by atoms with Gasteiger partial charge in [0, 0.05) is 21.7 Å². The summed E-state index contributed by atoms with van der Waals surface area (Å²) in [5.74, 6) is 0. The van der Waals surface area contributed by atoms with Gasteiger partial charge in [-0.15, -0.1) is 0 Å². The van der Waals surface area contributed by atoms with Crippen LogP contribution in [0, 0.1) is 10.1 Å². The van der Waals surface area contributed by atoms with Gasteiger partial charge in [0.1, 0.15) is 5.70 Å². The topological polar surface area (TPSA) is 46.4 Å². The maximum absolute atomic E-state index is 13.2. The van der Waals surface area contributed by atoms with Crippen molar-refractivity contribution in [3.63, 3.8) is 0 Å². The number of hydroxylamine groups is 2. The van der Waals surface area contributed by atoms with Gasteiger partial charge in [-0.25, -0.2) is 0 Å². The molecule has 122 valence electrons. The molecule has 1 aliphatic carbocycles. The summed E-state index contributed by atoms with van der Waals surface area (Å²) in [4.78, 5) is 13.2. The third-order valence-corrected chi connectivity index (χ3v) is 5.06. The maximum Gasteiger partial charge on any atom is 0.286 e. The zero-order valence-corrected chi connectivity index (χ0v) is 13.5. The van der Waals surface area contributed by atoms with E-state index in [-0.39, 0.29) is 12.1 Å². The van der Waals surface area contributed by atoms with Gasteiger partial charge >= 0.3 is 0 Å². The molecule has 0 bridgehead atoms. The highest BCUT2D eigenvalue weighted by atomic mass is 16.5. The van der Waals surface area contributed by atoms with Crippen LogP contribution in [0.15, 0.2) is 60.7 Å². The van der Waals surface area contributed by atoms with E-state index < -0.39 is 0 Å². The zero-order chi connectivity index (χ0) is 16.5. The quantitative estimate of drug-likeness (QED) is 0.770. The van der Waals surface area contributed by atoms with Crippen molar-refractivity contribution in [3.8, 4) is 0 Å². The summed E-state index contributed by atoms with van der Waals surface area (Å²) in [6, 6.07) is 18.6.